The van der Waals surface area contributed by atoms with Gasteiger partial charge in [-0.1, -0.05) is 24.3 Å². The molecule has 5 heteroatoms. The molecule has 0 bridgehead atoms. The molecule has 0 saturated carbocycles. The fourth-order valence-corrected chi connectivity index (χ4v) is 2.13. The van der Waals surface area contributed by atoms with Crippen molar-refractivity contribution in [1.82, 2.24) is 10.3 Å². The topological polar surface area (TPSA) is 89.6 Å². The van der Waals surface area contributed by atoms with Gasteiger partial charge in [0.2, 0.25) is 0 Å². The predicted octanol–water partition coefficient (Wildman–Crippen LogP) is 2.51. The van der Waals surface area contributed by atoms with Crippen LogP contribution in [0.25, 0.3) is 0 Å². The van der Waals surface area contributed by atoms with Gasteiger partial charge in [0.1, 0.15) is 0 Å². The van der Waals surface area contributed by atoms with Gasteiger partial charge in [0, 0.05) is 18.1 Å². The molecule has 2 N–H and O–H groups in total. The summed E-state index contributed by atoms with van der Waals surface area (Å²) in [7, 11) is 0. The number of carbonyl (C=O) groups is 1. The van der Waals surface area contributed by atoms with Crippen LogP contribution >= 0.6 is 0 Å². The first-order chi connectivity index (χ1) is 11.1. The second-order valence-electron chi connectivity index (χ2n) is 5.37. The van der Waals surface area contributed by atoms with E-state index < -0.39 is 0 Å². The minimum absolute atomic E-state index is 0.227. The lowest BCUT2D eigenvalue weighted by molar-refractivity contribution is 0.0958. The maximum atomic E-state index is 12.0. The molecule has 1 aromatic heterocycles. The zero-order chi connectivity index (χ0) is 16.7. The summed E-state index contributed by atoms with van der Waals surface area (Å²) in [5.41, 5.74) is 3.92. The number of pyridine rings is 1. The van der Waals surface area contributed by atoms with Crippen LogP contribution in [0.5, 0.6) is 0 Å². The van der Waals surface area contributed by atoms with Gasteiger partial charge >= 0.3 is 0 Å². The Kier molecular flexibility index (Phi) is 5.59. The molecular weight excluding hydrogens is 288 g/mol. The van der Waals surface area contributed by atoms with Gasteiger partial charge in [-0.05, 0) is 36.1 Å². The van der Waals surface area contributed by atoms with Gasteiger partial charge in [0.05, 0.1) is 24.6 Å². The van der Waals surface area contributed by atoms with E-state index in [2.05, 4.69) is 16.4 Å². The summed E-state index contributed by atoms with van der Waals surface area (Å²) in [6.45, 7) is 1.88. The van der Waals surface area contributed by atoms with E-state index in [1.807, 2.05) is 30.3 Å². The van der Waals surface area contributed by atoms with Crippen LogP contribution in [0.15, 0.2) is 42.7 Å². The molecule has 0 fully saturated rings. The van der Waals surface area contributed by atoms with E-state index in [1.165, 1.54) is 6.20 Å². The van der Waals surface area contributed by atoms with Crippen molar-refractivity contribution in [2.75, 3.05) is 6.54 Å². The quantitative estimate of drug-likeness (QED) is 0.803. The lowest BCUT2D eigenvalue weighted by atomic mass is 10.0. The Labute approximate surface area is 135 Å². The molecule has 0 aliphatic rings. The van der Waals surface area contributed by atoms with E-state index in [-0.39, 0.29) is 12.5 Å². The van der Waals surface area contributed by atoms with Crippen molar-refractivity contribution >= 4 is 11.6 Å². The number of carbonyl (C=O) groups excluding carboxylic acids is 1. The van der Waals surface area contributed by atoms with Crippen LogP contribution in [0.1, 0.15) is 34.0 Å². The highest BCUT2D eigenvalue weighted by molar-refractivity contribution is 5.96. The first kappa shape index (κ1) is 16.4. The van der Waals surface area contributed by atoms with Crippen molar-refractivity contribution in [3.63, 3.8) is 0 Å². The van der Waals surface area contributed by atoms with Crippen LogP contribution in [-0.4, -0.2) is 23.1 Å². The highest BCUT2D eigenvalue weighted by Crippen LogP contribution is 2.12. The van der Waals surface area contributed by atoms with Gasteiger partial charge < -0.3 is 10.7 Å². The number of nitrogens with one attached hydrogen (secondary N) is 2. The largest absolute Gasteiger partial charge is 0.347 e. The van der Waals surface area contributed by atoms with Gasteiger partial charge in [0.25, 0.3) is 5.91 Å². The number of nitrogens with zero attached hydrogens (tertiary/aromatic N) is 2. The second-order valence-corrected chi connectivity index (χ2v) is 5.37. The minimum atomic E-state index is -0.227. The zero-order valence-electron chi connectivity index (χ0n) is 13.0. The van der Waals surface area contributed by atoms with E-state index in [4.69, 9.17) is 10.7 Å². The van der Waals surface area contributed by atoms with Gasteiger partial charge in [-0.3, -0.25) is 9.78 Å². The van der Waals surface area contributed by atoms with Crippen LogP contribution in [0.3, 0.4) is 0 Å². The number of aromatic nitrogens is 1. The molecule has 0 radical (unpaired) electrons. The lowest BCUT2D eigenvalue weighted by Crippen LogP contribution is -2.28. The molecule has 0 aliphatic carbocycles. The molecule has 0 saturated heterocycles. The van der Waals surface area contributed by atoms with E-state index in [9.17, 15) is 4.79 Å². The molecule has 23 heavy (non-hydrogen) atoms. The van der Waals surface area contributed by atoms with Gasteiger partial charge in [-0.25, -0.2) is 0 Å². The Bertz CT molecular complexity index is 744. The summed E-state index contributed by atoms with van der Waals surface area (Å²) < 4.78 is 0. The van der Waals surface area contributed by atoms with E-state index in [1.54, 1.807) is 13.1 Å². The molecule has 5 nitrogen and oxygen atoms in total. The molecule has 0 spiro atoms. The molecule has 0 unspecified atom stereocenters. The number of nitriles is 1. The van der Waals surface area contributed by atoms with E-state index >= 15 is 0 Å². The first-order valence-electron chi connectivity index (χ1n) is 7.29. The third-order valence-corrected chi connectivity index (χ3v) is 3.29. The maximum absolute atomic E-state index is 12.0. The summed E-state index contributed by atoms with van der Waals surface area (Å²) in [6, 6.07) is 11.8. The predicted molar refractivity (Wildman–Crippen MR) is 88.5 cm³/mol. The van der Waals surface area contributed by atoms with Crippen LogP contribution in [0, 0.1) is 16.7 Å². The number of hydrogen-bond acceptors (Lipinski definition) is 4. The van der Waals surface area contributed by atoms with Gasteiger partial charge in [-0.15, -0.1) is 0 Å². The highest BCUT2D eigenvalue weighted by atomic mass is 16.1. The van der Waals surface area contributed by atoms with Crippen molar-refractivity contribution in [2.45, 2.75) is 19.8 Å². The highest BCUT2D eigenvalue weighted by Gasteiger charge is 2.07. The molecule has 1 aromatic carbocycles. The average molecular weight is 306 g/mol. The fraction of sp³-hybridized carbons (Fsp3) is 0.222. The number of hydrogen-bond donors (Lipinski definition) is 2. The lowest BCUT2D eigenvalue weighted by Gasteiger charge is -2.06. The Morgan fingerprint density at radius 1 is 1.22 bits per heavy atom. The summed E-state index contributed by atoms with van der Waals surface area (Å²) in [4.78, 5) is 16.1. The Hall–Kier alpha value is -3.00. The van der Waals surface area contributed by atoms with Crippen molar-refractivity contribution in [3.05, 3.63) is 65.0 Å². The summed E-state index contributed by atoms with van der Waals surface area (Å²) in [6.07, 6.45) is 4.34. The number of benzene rings is 1. The minimum Gasteiger partial charge on any atom is -0.347 e. The van der Waals surface area contributed by atoms with Gasteiger partial charge in [-0.2, -0.15) is 5.26 Å². The molecule has 1 heterocycles. The standard InChI is InChI=1S/C18H18N4O/c1-13(20)10-22-18(23)17-9-16(11-21-12-17)8-15-4-2-14(3-5-15)6-7-19/h2-5,9,11-12,20H,6,8,10H2,1H3,(H,22,23). The normalized spacial score (nSPS) is 9.91. The summed E-state index contributed by atoms with van der Waals surface area (Å²) in [5.74, 6) is -0.227. The molecule has 116 valence electrons. The molecule has 2 rings (SSSR count). The van der Waals surface area contributed by atoms with Crippen LogP contribution in [0.4, 0.5) is 0 Å². The van der Waals surface area contributed by atoms with Crippen molar-refractivity contribution in [3.8, 4) is 6.07 Å². The molecule has 0 atom stereocenters. The van der Waals surface area contributed by atoms with E-state index in [0.29, 0.717) is 24.1 Å². The smallest absolute Gasteiger partial charge is 0.253 e. The fourth-order valence-electron chi connectivity index (χ4n) is 2.13. The monoisotopic (exact) mass is 306 g/mol. The third-order valence-electron chi connectivity index (χ3n) is 3.29. The van der Waals surface area contributed by atoms with Gasteiger partial charge in [0.15, 0.2) is 0 Å². The zero-order valence-corrected chi connectivity index (χ0v) is 13.0. The number of rotatable bonds is 6. The Morgan fingerprint density at radius 3 is 2.57 bits per heavy atom. The molecule has 0 aliphatic heterocycles. The maximum Gasteiger partial charge on any atom is 0.253 e. The van der Waals surface area contributed by atoms with Crippen LogP contribution in [0.2, 0.25) is 0 Å². The molecular formula is C18H18N4O. The van der Waals surface area contributed by atoms with Crippen molar-refractivity contribution in [2.24, 2.45) is 0 Å². The summed E-state index contributed by atoms with van der Waals surface area (Å²) in [5, 5.41) is 18.7. The third kappa shape index (κ3) is 5.04. The SMILES string of the molecule is CC(=N)CNC(=O)c1cncc(Cc2ccc(CC#N)cc2)c1. The van der Waals surface area contributed by atoms with Crippen molar-refractivity contribution < 1.29 is 4.79 Å². The average Bonchev–Trinajstić information content (AvgIpc) is 2.55. The summed E-state index contributed by atoms with van der Waals surface area (Å²) >= 11 is 0. The second kappa shape index (κ2) is 7.85. The Morgan fingerprint density at radius 2 is 1.91 bits per heavy atom. The van der Waals surface area contributed by atoms with E-state index in [0.717, 1.165) is 16.7 Å². The van der Waals surface area contributed by atoms with Crippen LogP contribution in [-0.2, 0) is 12.8 Å². The molecule has 2 aromatic rings. The Balaban J connectivity index is 2.06. The van der Waals surface area contributed by atoms with Crippen LogP contribution < -0.4 is 5.32 Å². The number of amides is 1. The van der Waals surface area contributed by atoms with Crippen molar-refractivity contribution in [1.29, 1.82) is 10.7 Å². The first-order valence-corrected chi connectivity index (χ1v) is 7.29. The molecule has 1 amide bonds.